The molecule has 0 atom stereocenters. The average molecular weight is 316 g/mol. The average Bonchev–Trinajstić information content (AvgIpc) is 2.44. The minimum absolute atomic E-state index is 0.0410. The van der Waals surface area contributed by atoms with Crippen molar-refractivity contribution in [2.24, 2.45) is 0 Å². The van der Waals surface area contributed by atoms with Gasteiger partial charge in [0.05, 0.1) is 25.9 Å². The summed E-state index contributed by atoms with van der Waals surface area (Å²) in [6.07, 6.45) is -0.183. The lowest BCUT2D eigenvalue weighted by atomic mass is 10.2. The molecule has 0 aliphatic rings. The third-order valence-electron chi connectivity index (χ3n) is 2.67. The summed E-state index contributed by atoms with van der Waals surface area (Å²) in [5.41, 5.74) is 6.79. The molecule has 3 N–H and O–H groups in total. The van der Waals surface area contributed by atoms with Gasteiger partial charge in [0.1, 0.15) is 5.75 Å². The van der Waals surface area contributed by atoms with Crippen LogP contribution in [0.1, 0.15) is 18.9 Å². The molecule has 1 rings (SSSR count). The number of ether oxygens (including phenoxy) is 2. The monoisotopic (exact) mass is 316 g/mol. The zero-order valence-corrected chi connectivity index (χ0v) is 12.9. The van der Waals surface area contributed by atoms with Crippen LogP contribution in [0.4, 0.5) is 5.69 Å². The van der Waals surface area contributed by atoms with E-state index in [0.717, 1.165) is 0 Å². The molecular formula is C13H20N2O5S. The van der Waals surface area contributed by atoms with E-state index in [4.69, 9.17) is 10.5 Å². The second kappa shape index (κ2) is 7.84. The fourth-order valence-electron chi connectivity index (χ4n) is 1.65. The van der Waals surface area contributed by atoms with E-state index in [1.807, 2.05) is 0 Å². The number of nitrogen functional groups attached to an aromatic ring is 1. The molecule has 0 radical (unpaired) electrons. The highest BCUT2D eigenvalue weighted by atomic mass is 32.2. The molecule has 0 fully saturated rings. The summed E-state index contributed by atoms with van der Waals surface area (Å²) in [7, 11) is -2.09. The van der Waals surface area contributed by atoms with Crippen molar-refractivity contribution in [3.8, 4) is 5.75 Å². The highest BCUT2D eigenvalue weighted by molar-refractivity contribution is 7.89. The lowest BCUT2D eigenvalue weighted by Crippen LogP contribution is -2.27. The van der Waals surface area contributed by atoms with Crippen molar-refractivity contribution in [3.63, 3.8) is 0 Å². The van der Waals surface area contributed by atoms with Crippen LogP contribution in [-0.2, 0) is 26.1 Å². The molecule has 0 spiro atoms. The lowest BCUT2D eigenvalue weighted by Gasteiger charge is -2.11. The Hall–Kier alpha value is -1.80. The summed E-state index contributed by atoms with van der Waals surface area (Å²) in [6.45, 7) is 1.93. The molecule has 0 heterocycles. The van der Waals surface area contributed by atoms with Gasteiger partial charge in [-0.1, -0.05) is 0 Å². The predicted octanol–water partition coefficient (Wildman–Crippen LogP) is 0.650. The Morgan fingerprint density at radius 3 is 2.71 bits per heavy atom. The van der Waals surface area contributed by atoms with E-state index in [1.165, 1.54) is 7.11 Å². The van der Waals surface area contributed by atoms with Crippen molar-refractivity contribution in [1.29, 1.82) is 0 Å². The summed E-state index contributed by atoms with van der Waals surface area (Å²) >= 11 is 0. The summed E-state index contributed by atoms with van der Waals surface area (Å²) in [6, 6.07) is 4.96. The Bertz CT molecular complexity index is 586. The number of hydrogen-bond acceptors (Lipinski definition) is 6. The van der Waals surface area contributed by atoms with E-state index < -0.39 is 16.0 Å². The molecule has 0 aliphatic heterocycles. The first-order valence-corrected chi connectivity index (χ1v) is 8.08. The van der Waals surface area contributed by atoms with Gasteiger partial charge in [-0.15, -0.1) is 0 Å². The molecule has 7 nitrogen and oxygen atoms in total. The van der Waals surface area contributed by atoms with Crippen molar-refractivity contribution < 1.29 is 22.7 Å². The summed E-state index contributed by atoms with van der Waals surface area (Å²) < 4.78 is 35.8. The van der Waals surface area contributed by atoms with Gasteiger partial charge in [0.15, 0.2) is 0 Å². The maximum atomic E-state index is 11.8. The van der Waals surface area contributed by atoms with Crippen LogP contribution >= 0.6 is 0 Å². The van der Waals surface area contributed by atoms with Crippen LogP contribution < -0.4 is 15.2 Å². The first-order valence-electron chi connectivity index (χ1n) is 6.43. The van der Waals surface area contributed by atoms with E-state index in [-0.39, 0.29) is 25.3 Å². The van der Waals surface area contributed by atoms with Gasteiger partial charge in [-0.25, -0.2) is 13.1 Å². The highest BCUT2D eigenvalue weighted by Gasteiger charge is 2.15. The number of nitrogens with two attached hydrogens (primary N) is 1. The zero-order chi connectivity index (χ0) is 15.9. The maximum absolute atomic E-state index is 11.8. The van der Waals surface area contributed by atoms with Crippen molar-refractivity contribution >= 4 is 21.7 Å². The number of carbonyl (C=O) groups excluding carboxylic acids is 1. The number of benzene rings is 1. The molecule has 0 aliphatic carbocycles. The molecule has 1 aromatic carbocycles. The smallest absolute Gasteiger partial charge is 0.306 e. The minimum Gasteiger partial charge on any atom is -0.496 e. The van der Waals surface area contributed by atoms with Gasteiger partial charge >= 0.3 is 5.97 Å². The number of anilines is 1. The van der Waals surface area contributed by atoms with Crippen molar-refractivity contribution in [1.82, 2.24) is 4.72 Å². The van der Waals surface area contributed by atoms with E-state index in [2.05, 4.69) is 9.46 Å². The molecule has 0 unspecified atom stereocenters. The Labute approximate surface area is 124 Å². The standard InChI is InChI=1S/C13H20N2O5S/c1-3-20-13(16)6-7-21(17,18)15-9-10-8-11(14)4-5-12(10)19-2/h4-5,8,15H,3,6-7,9,14H2,1-2H3. The third kappa shape index (κ3) is 6.01. The third-order valence-corrected chi connectivity index (χ3v) is 3.99. The number of hydrogen-bond donors (Lipinski definition) is 2. The molecule has 21 heavy (non-hydrogen) atoms. The van der Waals surface area contributed by atoms with Crippen LogP contribution in [0.2, 0.25) is 0 Å². The number of sulfonamides is 1. The van der Waals surface area contributed by atoms with Gasteiger partial charge in [0.2, 0.25) is 10.0 Å². The second-order valence-electron chi connectivity index (χ2n) is 4.27. The summed E-state index contributed by atoms with van der Waals surface area (Å²) in [5.74, 6) is -0.321. The summed E-state index contributed by atoms with van der Waals surface area (Å²) in [5, 5.41) is 0. The first-order chi connectivity index (χ1) is 9.88. The van der Waals surface area contributed by atoms with Crippen LogP contribution in [-0.4, -0.2) is 33.9 Å². The molecule has 118 valence electrons. The molecular weight excluding hydrogens is 296 g/mol. The van der Waals surface area contributed by atoms with Gasteiger partial charge in [-0.05, 0) is 25.1 Å². The van der Waals surface area contributed by atoms with Crippen LogP contribution in [0.5, 0.6) is 5.75 Å². The van der Waals surface area contributed by atoms with E-state index in [1.54, 1.807) is 25.1 Å². The van der Waals surface area contributed by atoms with Gasteiger partial charge in [0.25, 0.3) is 0 Å². The van der Waals surface area contributed by atoms with Crippen LogP contribution in [0.15, 0.2) is 18.2 Å². The molecule has 0 bridgehead atoms. The molecule has 1 aromatic rings. The topological polar surface area (TPSA) is 108 Å². The van der Waals surface area contributed by atoms with Crippen LogP contribution in [0, 0.1) is 0 Å². The van der Waals surface area contributed by atoms with Crippen molar-refractivity contribution in [2.75, 3.05) is 25.2 Å². The number of carbonyl (C=O) groups is 1. The minimum atomic E-state index is -3.58. The second-order valence-corrected chi connectivity index (χ2v) is 6.19. The first kappa shape index (κ1) is 17.3. The number of methoxy groups -OCH3 is 1. The molecule has 0 saturated heterocycles. The Morgan fingerprint density at radius 2 is 2.10 bits per heavy atom. The van der Waals surface area contributed by atoms with Crippen molar-refractivity contribution in [2.45, 2.75) is 19.9 Å². The van der Waals surface area contributed by atoms with E-state index in [9.17, 15) is 13.2 Å². The molecule has 0 saturated carbocycles. The predicted molar refractivity (Wildman–Crippen MR) is 79.3 cm³/mol. The summed E-state index contributed by atoms with van der Waals surface area (Å²) in [4.78, 5) is 11.2. The van der Waals surface area contributed by atoms with Gasteiger partial charge in [-0.3, -0.25) is 4.79 Å². The van der Waals surface area contributed by atoms with Gasteiger partial charge < -0.3 is 15.2 Å². The number of rotatable bonds is 8. The van der Waals surface area contributed by atoms with Gasteiger partial charge in [0, 0.05) is 17.8 Å². The Kier molecular flexibility index (Phi) is 6.44. The fraction of sp³-hybridized carbons (Fsp3) is 0.462. The molecule has 0 amide bonds. The van der Waals surface area contributed by atoms with Crippen LogP contribution in [0.3, 0.4) is 0 Å². The number of esters is 1. The van der Waals surface area contributed by atoms with Crippen molar-refractivity contribution in [3.05, 3.63) is 23.8 Å². The fourth-order valence-corrected chi connectivity index (χ4v) is 2.60. The lowest BCUT2D eigenvalue weighted by molar-refractivity contribution is -0.142. The zero-order valence-electron chi connectivity index (χ0n) is 12.1. The van der Waals surface area contributed by atoms with E-state index in [0.29, 0.717) is 17.0 Å². The molecule has 8 heteroatoms. The molecule has 0 aromatic heterocycles. The maximum Gasteiger partial charge on any atom is 0.306 e. The SMILES string of the molecule is CCOC(=O)CCS(=O)(=O)NCc1cc(N)ccc1OC. The Morgan fingerprint density at radius 1 is 1.38 bits per heavy atom. The largest absolute Gasteiger partial charge is 0.496 e. The quantitative estimate of drug-likeness (QED) is 0.538. The number of nitrogens with one attached hydrogen (secondary N) is 1. The van der Waals surface area contributed by atoms with Crippen LogP contribution in [0.25, 0.3) is 0 Å². The highest BCUT2D eigenvalue weighted by Crippen LogP contribution is 2.20. The van der Waals surface area contributed by atoms with Gasteiger partial charge in [-0.2, -0.15) is 0 Å². The normalized spacial score (nSPS) is 11.1. The van der Waals surface area contributed by atoms with E-state index >= 15 is 0 Å². The Balaban J connectivity index is 2.61.